The molecule has 1 aliphatic heterocycles. The molecule has 1 spiro atoms. The molecule has 4 rings (SSSR count). The second kappa shape index (κ2) is 5.94. The lowest BCUT2D eigenvalue weighted by atomic mass is 9.73. The van der Waals surface area contributed by atoms with Crippen LogP contribution in [0.5, 0.6) is 0 Å². The van der Waals surface area contributed by atoms with Crippen LogP contribution in [0, 0.1) is 5.92 Å². The average molecular weight is 312 g/mol. The first-order chi connectivity index (χ1) is 11.2. The van der Waals surface area contributed by atoms with Crippen LogP contribution in [0.4, 0.5) is 0 Å². The lowest BCUT2D eigenvalue weighted by Crippen LogP contribution is -2.42. The predicted octanol–water partition coefficient (Wildman–Crippen LogP) is 3.05. The van der Waals surface area contributed by atoms with Gasteiger partial charge in [-0.15, -0.1) is 0 Å². The molecule has 23 heavy (non-hydrogen) atoms. The number of nitrogens with one attached hydrogen (secondary N) is 1. The van der Waals surface area contributed by atoms with Crippen LogP contribution >= 0.6 is 0 Å². The second-order valence-corrected chi connectivity index (χ2v) is 7.89. The summed E-state index contributed by atoms with van der Waals surface area (Å²) in [6.45, 7) is 3.79. The summed E-state index contributed by atoms with van der Waals surface area (Å²) in [5.74, 6) is 1.56. The van der Waals surface area contributed by atoms with Gasteiger partial charge in [0.1, 0.15) is 0 Å². The Bertz CT molecular complexity index is 585. The topological polar surface area (TPSA) is 32.3 Å². The van der Waals surface area contributed by atoms with Gasteiger partial charge in [0.05, 0.1) is 0 Å². The fourth-order valence-electron chi connectivity index (χ4n) is 4.84. The van der Waals surface area contributed by atoms with E-state index in [4.69, 9.17) is 0 Å². The maximum Gasteiger partial charge on any atom is 0.220 e. The SMILES string of the molecule is CNC(=O)CC1CC2(CCN(CC3CC3)CC2)c2ccccc21. The third kappa shape index (κ3) is 2.91. The van der Waals surface area contributed by atoms with Gasteiger partial charge in [0.15, 0.2) is 0 Å². The number of hydrogen-bond donors (Lipinski definition) is 1. The Labute approximate surface area is 139 Å². The Morgan fingerprint density at radius 2 is 2.00 bits per heavy atom. The number of piperidine rings is 1. The zero-order chi connectivity index (χ0) is 15.9. The molecule has 1 saturated heterocycles. The van der Waals surface area contributed by atoms with Crippen LogP contribution in [-0.4, -0.2) is 37.5 Å². The highest BCUT2D eigenvalue weighted by Crippen LogP contribution is 2.52. The molecule has 1 N–H and O–H groups in total. The van der Waals surface area contributed by atoms with Crippen molar-refractivity contribution in [2.45, 2.75) is 49.9 Å². The first kappa shape index (κ1) is 15.2. The van der Waals surface area contributed by atoms with E-state index in [2.05, 4.69) is 34.5 Å². The summed E-state index contributed by atoms with van der Waals surface area (Å²) in [4.78, 5) is 14.6. The third-order valence-electron chi connectivity index (χ3n) is 6.35. The maximum atomic E-state index is 11.9. The summed E-state index contributed by atoms with van der Waals surface area (Å²) in [5, 5.41) is 2.80. The summed E-state index contributed by atoms with van der Waals surface area (Å²) in [5.41, 5.74) is 3.31. The van der Waals surface area contributed by atoms with Crippen molar-refractivity contribution < 1.29 is 4.79 Å². The Kier molecular flexibility index (Phi) is 3.92. The van der Waals surface area contributed by atoms with E-state index >= 15 is 0 Å². The number of fused-ring (bicyclic) bond motifs is 2. The number of hydrogen-bond acceptors (Lipinski definition) is 2. The molecular weight excluding hydrogens is 284 g/mol. The smallest absolute Gasteiger partial charge is 0.220 e. The van der Waals surface area contributed by atoms with Crippen molar-refractivity contribution >= 4 is 5.91 Å². The van der Waals surface area contributed by atoms with Crippen molar-refractivity contribution in [2.24, 2.45) is 5.92 Å². The van der Waals surface area contributed by atoms with Crippen LogP contribution in [0.1, 0.15) is 55.6 Å². The lowest BCUT2D eigenvalue weighted by molar-refractivity contribution is -0.121. The number of nitrogens with zero attached hydrogens (tertiary/aromatic N) is 1. The summed E-state index contributed by atoms with van der Waals surface area (Å²) in [7, 11) is 1.75. The molecule has 0 aromatic heterocycles. The minimum atomic E-state index is 0.174. The highest BCUT2D eigenvalue weighted by atomic mass is 16.1. The van der Waals surface area contributed by atoms with E-state index in [1.165, 1.54) is 50.9 Å². The highest BCUT2D eigenvalue weighted by Gasteiger charge is 2.45. The molecule has 3 aliphatic rings. The first-order valence-electron chi connectivity index (χ1n) is 9.22. The standard InChI is InChI=1S/C20H28N2O/c1-21-19(23)12-16-13-20(18-5-3-2-4-17(16)18)8-10-22(11-9-20)14-15-6-7-15/h2-5,15-16H,6-14H2,1H3,(H,21,23). The van der Waals surface area contributed by atoms with Crippen LogP contribution in [0.25, 0.3) is 0 Å². The summed E-state index contributed by atoms with van der Waals surface area (Å²) < 4.78 is 0. The van der Waals surface area contributed by atoms with Gasteiger partial charge in [0.25, 0.3) is 0 Å². The second-order valence-electron chi connectivity index (χ2n) is 7.89. The van der Waals surface area contributed by atoms with E-state index in [0.717, 1.165) is 12.3 Å². The van der Waals surface area contributed by atoms with E-state index in [1.54, 1.807) is 12.6 Å². The fourth-order valence-corrected chi connectivity index (χ4v) is 4.84. The largest absolute Gasteiger partial charge is 0.359 e. The van der Waals surface area contributed by atoms with Crippen molar-refractivity contribution in [2.75, 3.05) is 26.7 Å². The van der Waals surface area contributed by atoms with Gasteiger partial charge in [-0.3, -0.25) is 4.79 Å². The van der Waals surface area contributed by atoms with Crippen LogP contribution in [0.15, 0.2) is 24.3 Å². The predicted molar refractivity (Wildman–Crippen MR) is 92.6 cm³/mol. The number of rotatable bonds is 4. The van der Waals surface area contributed by atoms with Crippen molar-refractivity contribution in [3.8, 4) is 0 Å². The molecular formula is C20H28N2O. The molecule has 1 heterocycles. The molecule has 1 atom stereocenters. The van der Waals surface area contributed by atoms with E-state index < -0.39 is 0 Å². The third-order valence-corrected chi connectivity index (χ3v) is 6.35. The Hall–Kier alpha value is -1.35. The summed E-state index contributed by atoms with van der Waals surface area (Å²) in [6, 6.07) is 8.90. The zero-order valence-electron chi connectivity index (χ0n) is 14.2. The Morgan fingerprint density at radius 3 is 2.70 bits per heavy atom. The van der Waals surface area contributed by atoms with Gasteiger partial charge in [-0.05, 0) is 73.6 Å². The first-order valence-corrected chi connectivity index (χ1v) is 9.22. The van der Waals surface area contributed by atoms with Crippen LogP contribution in [0.2, 0.25) is 0 Å². The lowest BCUT2D eigenvalue weighted by Gasteiger charge is -2.40. The van der Waals surface area contributed by atoms with E-state index in [0.29, 0.717) is 17.8 Å². The minimum Gasteiger partial charge on any atom is -0.359 e. The number of carbonyl (C=O) groups excluding carboxylic acids is 1. The number of amides is 1. The molecule has 1 saturated carbocycles. The molecule has 1 unspecified atom stereocenters. The van der Waals surface area contributed by atoms with E-state index in [-0.39, 0.29) is 5.91 Å². The molecule has 2 aliphatic carbocycles. The minimum absolute atomic E-state index is 0.174. The van der Waals surface area contributed by atoms with Crippen molar-refractivity contribution in [1.82, 2.24) is 10.2 Å². The Balaban J connectivity index is 1.51. The van der Waals surface area contributed by atoms with Gasteiger partial charge in [-0.25, -0.2) is 0 Å². The van der Waals surface area contributed by atoms with Crippen LogP contribution in [-0.2, 0) is 10.2 Å². The summed E-state index contributed by atoms with van der Waals surface area (Å²) in [6.07, 6.45) is 7.22. The van der Waals surface area contributed by atoms with Gasteiger partial charge in [0.2, 0.25) is 5.91 Å². The molecule has 1 amide bonds. The number of carbonyl (C=O) groups is 1. The maximum absolute atomic E-state index is 11.9. The fraction of sp³-hybridized carbons (Fsp3) is 0.650. The van der Waals surface area contributed by atoms with Gasteiger partial charge in [-0.1, -0.05) is 24.3 Å². The van der Waals surface area contributed by atoms with Gasteiger partial charge >= 0.3 is 0 Å². The molecule has 0 bridgehead atoms. The van der Waals surface area contributed by atoms with Gasteiger partial charge < -0.3 is 10.2 Å². The molecule has 3 nitrogen and oxygen atoms in total. The molecule has 2 fully saturated rings. The van der Waals surface area contributed by atoms with Gasteiger partial charge in [-0.2, -0.15) is 0 Å². The number of benzene rings is 1. The molecule has 124 valence electrons. The summed E-state index contributed by atoms with van der Waals surface area (Å²) >= 11 is 0. The zero-order valence-corrected chi connectivity index (χ0v) is 14.2. The van der Waals surface area contributed by atoms with Crippen molar-refractivity contribution in [3.63, 3.8) is 0 Å². The quantitative estimate of drug-likeness (QED) is 0.927. The number of likely N-dealkylation sites (tertiary alicyclic amines) is 1. The highest BCUT2D eigenvalue weighted by molar-refractivity contribution is 5.77. The van der Waals surface area contributed by atoms with Crippen molar-refractivity contribution in [3.05, 3.63) is 35.4 Å². The molecule has 1 aromatic rings. The average Bonchev–Trinajstić information content (AvgIpc) is 3.35. The van der Waals surface area contributed by atoms with E-state index in [9.17, 15) is 4.79 Å². The normalized spacial score (nSPS) is 26.2. The molecule has 0 radical (unpaired) electrons. The van der Waals surface area contributed by atoms with Crippen LogP contribution in [0.3, 0.4) is 0 Å². The van der Waals surface area contributed by atoms with E-state index in [1.807, 2.05) is 0 Å². The van der Waals surface area contributed by atoms with Gasteiger partial charge in [0, 0.05) is 20.0 Å². The monoisotopic (exact) mass is 312 g/mol. The molecule has 1 aromatic carbocycles. The van der Waals surface area contributed by atoms with Crippen LogP contribution < -0.4 is 5.32 Å². The molecule has 3 heteroatoms. The Morgan fingerprint density at radius 1 is 1.26 bits per heavy atom. The van der Waals surface area contributed by atoms with Crippen molar-refractivity contribution in [1.29, 1.82) is 0 Å².